The van der Waals surface area contributed by atoms with Crippen LogP contribution in [0.25, 0.3) is 0 Å². The average Bonchev–Trinajstić information content (AvgIpc) is 3.25. The molecule has 0 unspecified atom stereocenters. The van der Waals surface area contributed by atoms with Crippen LogP contribution >= 0.6 is 11.6 Å². The molecule has 0 radical (unpaired) electrons. The van der Waals surface area contributed by atoms with Gasteiger partial charge in [-0.1, -0.05) is 29.8 Å². The lowest BCUT2D eigenvalue weighted by atomic mass is 9.85. The van der Waals surface area contributed by atoms with E-state index >= 15 is 0 Å². The zero-order valence-electron chi connectivity index (χ0n) is 13.9. The Hall–Kier alpha value is -2.14. The van der Waals surface area contributed by atoms with Crippen molar-refractivity contribution in [3.8, 4) is 0 Å². The second-order valence-corrected chi connectivity index (χ2v) is 7.45. The number of allylic oxidation sites excluding steroid dienone is 2. The van der Waals surface area contributed by atoms with Gasteiger partial charge in [0.15, 0.2) is 0 Å². The smallest absolute Gasteiger partial charge is 0.233 e. The molecule has 1 saturated carbocycles. The van der Waals surface area contributed by atoms with Crippen molar-refractivity contribution in [2.24, 2.45) is 23.7 Å². The second kappa shape index (κ2) is 5.99. The van der Waals surface area contributed by atoms with Crippen molar-refractivity contribution in [3.63, 3.8) is 0 Å². The summed E-state index contributed by atoms with van der Waals surface area (Å²) in [6.45, 7) is 1.96. The van der Waals surface area contributed by atoms with Gasteiger partial charge in [-0.2, -0.15) is 0 Å². The fraction of sp³-hybridized carbons (Fsp3) is 0.421. The van der Waals surface area contributed by atoms with Gasteiger partial charge in [-0.05, 0) is 42.9 Å². The van der Waals surface area contributed by atoms with Gasteiger partial charge in [0, 0.05) is 23.7 Å². The van der Waals surface area contributed by atoms with Crippen molar-refractivity contribution in [2.75, 3.05) is 11.9 Å². The predicted octanol–water partition coefficient (Wildman–Crippen LogP) is 2.78. The van der Waals surface area contributed by atoms with Crippen molar-refractivity contribution in [1.82, 2.24) is 4.90 Å². The Balaban J connectivity index is 1.39. The number of fused-ring (bicyclic) bond motifs is 5. The first-order chi connectivity index (χ1) is 12.0. The molecule has 4 atom stereocenters. The number of nitrogens with zero attached hydrogens (tertiary/aromatic N) is 1. The molecule has 130 valence electrons. The van der Waals surface area contributed by atoms with E-state index in [4.69, 9.17) is 11.6 Å². The highest BCUT2D eigenvalue weighted by Gasteiger charge is 2.58. The number of benzene rings is 1. The number of carbonyl (C=O) groups is 3. The number of nitrogens with one attached hydrogen (secondary N) is 1. The normalized spacial score (nSPS) is 29.4. The first-order valence-electron chi connectivity index (χ1n) is 8.56. The maximum absolute atomic E-state index is 12.6. The largest absolute Gasteiger partial charge is 0.326 e. The van der Waals surface area contributed by atoms with Gasteiger partial charge in [0.2, 0.25) is 17.7 Å². The molecular weight excluding hydrogens is 340 g/mol. The third-order valence-electron chi connectivity index (χ3n) is 5.67. The molecule has 1 aliphatic heterocycles. The lowest BCUT2D eigenvalue weighted by Gasteiger charge is -2.17. The minimum Gasteiger partial charge on any atom is -0.326 e. The van der Waals surface area contributed by atoms with Crippen LogP contribution in [0.4, 0.5) is 5.69 Å². The SMILES string of the molecule is Cc1c(Cl)cccc1NC(=O)CCN1C(=O)[C@@H]2[C@H](C1=O)[C@@H]1C=C[C@H]2C1. The maximum atomic E-state index is 12.6. The molecule has 5 nitrogen and oxygen atoms in total. The Morgan fingerprint density at radius 3 is 2.48 bits per heavy atom. The second-order valence-electron chi connectivity index (χ2n) is 7.04. The van der Waals surface area contributed by atoms with E-state index < -0.39 is 0 Å². The molecule has 1 aromatic carbocycles. The Morgan fingerprint density at radius 1 is 1.20 bits per heavy atom. The van der Waals surface area contributed by atoms with Gasteiger partial charge in [0.05, 0.1) is 11.8 Å². The fourth-order valence-corrected chi connectivity index (χ4v) is 4.53. The summed E-state index contributed by atoms with van der Waals surface area (Å²) < 4.78 is 0. The lowest BCUT2D eigenvalue weighted by molar-refractivity contribution is -0.140. The van der Waals surface area contributed by atoms with E-state index in [2.05, 4.69) is 17.5 Å². The first kappa shape index (κ1) is 16.3. The van der Waals surface area contributed by atoms with E-state index in [9.17, 15) is 14.4 Å². The third-order valence-corrected chi connectivity index (χ3v) is 6.08. The number of amides is 3. The van der Waals surface area contributed by atoms with Crippen LogP contribution < -0.4 is 5.32 Å². The van der Waals surface area contributed by atoms with Crippen molar-refractivity contribution in [2.45, 2.75) is 19.8 Å². The molecule has 6 heteroatoms. The van der Waals surface area contributed by atoms with Crippen LogP contribution in [0.3, 0.4) is 0 Å². The standard InChI is InChI=1S/C19H19ClN2O3/c1-10-13(20)3-2-4-14(10)21-15(23)7-8-22-18(24)16-11-5-6-12(9-11)17(16)19(22)25/h2-6,11-12,16-17H,7-9H2,1H3,(H,21,23)/t11-,12+,16-,17+. The molecule has 2 fully saturated rings. The topological polar surface area (TPSA) is 66.5 Å². The minimum atomic E-state index is -0.232. The van der Waals surface area contributed by atoms with E-state index in [0.29, 0.717) is 10.7 Å². The molecule has 0 spiro atoms. The number of rotatable bonds is 4. The number of hydrogen-bond donors (Lipinski definition) is 1. The van der Waals surface area contributed by atoms with Gasteiger partial charge in [-0.15, -0.1) is 0 Å². The molecule has 3 amide bonds. The molecule has 1 aromatic rings. The molecule has 3 aliphatic rings. The highest BCUT2D eigenvalue weighted by molar-refractivity contribution is 6.31. The Labute approximate surface area is 151 Å². The summed E-state index contributed by atoms with van der Waals surface area (Å²) in [7, 11) is 0. The molecule has 1 saturated heterocycles. The summed E-state index contributed by atoms with van der Waals surface area (Å²) >= 11 is 6.05. The Kier molecular flexibility index (Phi) is 3.91. The molecule has 25 heavy (non-hydrogen) atoms. The number of imide groups is 1. The van der Waals surface area contributed by atoms with Gasteiger partial charge in [0.25, 0.3) is 0 Å². The lowest BCUT2D eigenvalue weighted by Crippen LogP contribution is -2.35. The molecule has 2 aliphatic carbocycles. The number of likely N-dealkylation sites (tertiary alicyclic amines) is 1. The van der Waals surface area contributed by atoms with Gasteiger partial charge in [-0.25, -0.2) is 0 Å². The van der Waals surface area contributed by atoms with Crippen molar-refractivity contribution < 1.29 is 14.4 Å². The molecule has 2 bridgehead atoms. The zero-order chi connectivity index (χ0) is 17.7. The first-order valence-corrected chi connectivity index (χ1v) is 8.93. The van der Waals surface area contributed by atoms with Gasteiger partial charge in [-0.3, -0.25) is 19.3 Å². The number of halogens is 1. The summed E-state index contributed by atoms with van der Waals surface area (Å²) in [5.74, 6) is -0.485. The van der Waals surface area contributed by atoms with Gasteiger partial charge in [0.1, 0.15) is 0 Å². The highest BCUT2D eigenvalue weighted by atomic mass is 35.5. The zero-order valence-corrected chi connectivity index (χ0v) is 14.6. The van der Waals surface area contributed by atoms with Crippen LogP contribution in [0.5, 0.6) is 0 Å². The number of anilines is 1. The van der Waals surface area contributed by atoms with Crippen molar-refractivity contribution in [3.05, 3.63) is 40.9 Å². The summed E-state index contributed by atoms with van der Waals surface area (Å²) in [6, 6.07) is 5.30. The molecule has 0 aromatic heterocycles. The predicted molar refractivity (Wildman–Crippen MR) is 93.9 cm³/mol. The molecular formula is C19H19ClN2O3. The van der Waals surface area contributed by atoms with Crippen LogP contribution in [0, 0.1) is 30.6 Å². The highest BCUT2D eigenvalue weighted by Crippen LogP contribution is 2.52. The summed E-state index contributed by atoms with van der Waals surface area (Å²) in [4.78, 5) is 38.7. The van der Waals surface area contributed by atoms with E-state index in [1.54, 1.807) is 18.2 Å². The molecule has 4 rings (SSSR count). The number of hydrogen-bond acceptors (Lipinski definition) is 3. The molecule has 1 heterocycles. The van der Waals surface area contributed by atoms with E-state index in [-0.39, 0.29) is 54.4 Å². The maximum Gasteiger partial charge on any atom is 0.233 e. The summed E-state index contributed by atoms with van der Waals surface area (Å²) in [5.41, 5.74) is 1.44. The summed E-state index contributed by atoms with van der Waals surface area (Å²) in [6.07, 6.45) is 5.13. The van der Waals surface area contributed by atoms with Crippen LogP contribution in [0.15, 0.2) is 30.4 Å². The van der Waals surface area contributed by atoms with E-state index in [1.165, 1.54) is 4.90 Å². The van der Waals surface area contributed by atoms with Crippen LogP contribution in [-0.2, 0) is 14.4 Å². The van der Waals surface area contributed by atoms with Gasteiger partial charge < -0.3 is 5.32 Å². The van der Waals surface area contributed by atoms with E-state index in [0.717, 1.165) is 12.0 Å². The summed E-state index contributed by atoms with van der Waals surface area (Å²) in [5, 5.41) is 3.38. The minimum absolute atomic E-state index is 0.0889. The Bertz CT molecular complexity index is 774. The van der Waals surface area contributed by atoms with Gasteiger partial charge >= 0.3 is 0 Å². The van der Waals surface area contributed by atoms with Crippen molar-refractivity contribution >= 4 is 35.0 Å². The van der Waals surface area contributed by atoms with Crippen LogP contribution in [0.2, 0.25) is 5.02 Å². The average molecular weight is 359 g/mol. The Morgan fingerprint density at radius 2 is 1.84 bits per heavy atom. The number of carbonyl (C=O) groups excluding carboxylic acids is 3. The van der Waals surface area contributed by atoms with Crippen molar-refractivity contribution in [1.29, 1.82) is 0 Å². The van der Waals surface area contributed by atoms with Crippen LogP contribution in [-0.4, -0.2) is 29.2 Å². The van der Waals surface area contributed by atoms with E-state index in [1.807, 2.05) is 6.92 Å². The fourth-order valence-electron chi connectivity index (χ4n) is 4.35. The third kappa shape index (κ3) is 2.58. The molecule has 1 N–H and O–H groups in total. The monoisotopic (exact) mass is 358 g/mol. The quantitative estimate of drug-likeness (QED) is 0.664. The van der Waals surface area contributed by atoms with Crippen LogP contribution in [0.1, 0.15) is 18.4 Å².